The number of hydrogen-bond acceptors (Lipinski definition) is 0. The summed E-state index contributed by atoms with van der Waals surface area (Å²) in [5, 5.41) is 0. The van der Waals surface area contributed by atoms with Gasteiger partial charge in [0.15, 0.2) is 0 Å². The van der Waals surface area contributed by atoms with Gasteiger partial charge in [-0.25, -0.2) is 0 Å². The molecule has 17 heavy (non-hydrogen) atoms. The topological polar surface area (TPSA) is 0 Å². The van der Waals surface area contributed by atoms with E-state index in [-0.39, 0.29) is 0 Å². The number of hydrogen-bond donors (Lipinski definition) is 0. The normalized spacial score (nSPS) is 53.6. The summed E-state index contributed by atoms with van der Waals surface area (Å²) in [4.78, 5) is 0. The van der Waals surface area contributed by atoms with Crippen molar-refractivity contribution in [1.29, 1.82) is 0 Å². The molecule has 0 radical (unpaired) electrons. The van der Waals surface area contributed by atoms with Gasteiger partial charge in [-0.2, -0.15) is 0 Å². The molecule has 0 spiro atoms. The van der Waals surface area contributed by atoms with Crippen LogP contribution < -0.4 is 0 Å². The molecule has 0 heteroatoms. The molecule has 0 nitrogen and oxygen atoms in total. The van der Waals surface area contributed by atoms with E-state index in [4.69, 9.17) is 0 Å². The van der Waals surface area contributed by atoms with Gasteiger partial charge in [-0.15, -0.1) is 0 Å². The first-order valence-corrected chi connectivity index (χ1v) is 8.45. The molecule has 96 valence electrons. The molecular weight excluding hydrogens is 204 g/mol. The smallest absolute Gasteiger partial charge is 0.0352 e. The lowest BCUT2D eigenvalue weighted by molar-refractivity contribution is -0.0970. The van der Waals surface area contributed by atoms with E-state index in [1.165, 1.54) is 35.5 Å². The molecule has 6 atom stereocenters. The zero-order chi connectivity index (χ0) is 11.2. The molecule has 0 aromatic heterocycles. The third-order valence-corrected chi connectivity index (χ3v) is 7.03. The van der Waals surface area contributed by atoms with Crippen molar-refractivity contribution in [2.75, 3.05) is 0 Å². The van der Waals surface area contributed by atoms with E-state index in [9.17, 15) is 0 Å². The summed E-state index contributed by atoms with van der Waals surface area (Å²) in [5.41, 5.74) is 0. The van der Waals surface area contributed by atoms with E-state index >= 15 is 0 Å². The first-order valence-electron chi connectivity index (χ1n) is 8.45. The first kappa shape index (κ1) is 10.9. The van der Waals surface area contributed by atoms with Crippen molar-refractivity contribution in [1.82, 2.24) is 0 Å². The highest BCUT2D eigenvalue weighted by molar-refractivity contribution is 5.02. The summed E-state index contributed by atoms with van der Waals surface area (Å²) in [7, 11) is 0. The van der Waals surface area contributed by atoms with E-state index in [1.807, 2.05) is 0 Å². The number of fused-ring (bicyclic) bond motifs is 6. The first-order chi connectivity index (χ1) is 8.45. The predicted molar refractivity (Wildman–Crippen MR) is 71.7 cm³/mol. The lowest BCUT2D eigenvalue weighted by Gasteiger charge is -2.59. The van der Waals surface area contributed by atoms with E-state index in [0.717, 1.165) is 0 Å². The standard InChI is InChI=1S/C17H28/c1-2-6-12-13-8-4-5-9-15(13)17-11-10-16(17)14(12)7-3-1/h12-17H,1-11H2. The SMILES string of the molecule is C1CCC2C3CCCCC3C3CCC3C2CC1. The van der Waals surface area contributed by atoms with E-state index in [1.54, 1.807) is 70.6 Å². The fourth-order valence-corrected chi connectivity index (χ4v) is 6.29. The second-order valence-corrected chi connectivity index (χ2v) is 7.48. The Balaban J connectivity index is 1.63. The molecule has 0 aromatic rings. The van der Waals surface area contributed by atoms with Crippen LogP contribution in [-0.4, -0.2) is 0 Å². The Morgan fingerprint density at radius 2 is 0.588 bits per heavy atom. The van der Waals surface area contributed by atoms with Crippen LogP contribution in [0.15, 0.2) is 0 Å². The highest BCUT2D eigenvalue weighted by Gasteiger charge is 2.53. The number of rotatable bonds is 0. The van der Waals surface area contributed by atoms with E-state index in [0.29, 0.717) is 0 Å². The molecular formula is C17H28. The van der Waals surface area contributed by atoms with Crippen molar-refractivity contribution in [3.05, 3.63) is 0 Å². The van der Waals surface area contributed by atoms with Gasteiger partial charge in [0.2, 0.25) is 0 Å². The second kappa shape index (κ2) is 4.28. The van der Waals surface area contributed by atoms with Gasteiger partial charge in [0.05, 0.1) is 0 Å². The molecule has 0 amide bonds. The summed E-state index contributed by atoms with van der Waals surface area (Å²) >= 11 is 0. The Kier molecular flexibility index (Phi) is 2.74. The van der Waals surface area contributed by atoms with Crippen molar-refractivity contribution < 1.29 is 0 Å². The minimum atomic E-state index is 1.17. The highest BCUT2D eigenvalue weighted by Crippen LogP contribution is 2.61. The van der Waals surface area contributed by atoms with Gasteiger partial charge in [-0.3, -0.25) is 0 Å². The van der Waals surface area contributed by atoms with Crippen LogP contribution in [0.5, 0.6) is 0 Å². The average Bonchev–Trinajstić information content (AvgIpc) is 2.54. The minimum Gasteiger partial charge on any atom is -0.0533 e. The summed E-state index contributed by atoms with van der Waals surface area (Å²) < 4.78 is 0. The average molecular weight is 232 g/mol. The molecule has 0 aliphatic heterocycles. The quantitative estimate of drug-likeness (QED) is 0.549. The van der Waals surface area contributed by atoms with Crippen molar-refractivity contribution >= 4 is 0 Å². The van der Waals surface area contributed by atoms with Crippen LogP contribution in [0.2, 0.25) is 0 Å². The van der Waals surface area contributed by atoms with Gasteiger partial charge < -0.3 is 0 Å². The zero-order valence-electron chi connectivity index (χ0n) is 11.2. The summed E-state index contributed by atoms with van der Waals surface area (Å²) in [6, 6.07) is 0. The monoisotopic (exact) mass is 232 g/mol. The third-order valence-electron chi connectivity index (χ3n) is 7.03. The molecule has 4 aliphatic carbocycles. The van der Waals surface area contributed by atoms with Crippen molar-refractivity contribution in [3.63, 3.8) is 0 Å². The molecule has 0 saturated heterocycles. The largest absolute Gasteiger partial charge is 0.0533 e. The Morgan fingerprint density at radius 1 is 0.294 bits per heavy atom. The molecule has 0 N–H and O–H groups in total. The van der Waals surface area contributed by atoms with E-state index in [2.05, 4.69) is 0 Å². The lowest BCUT2D eigenvalue weighted by atomic mass is 9.46. The van der Waals surface area contributed by atoms with Crippen molar-refractivity contribution in [2.24, 2.45) is 35.5 Å². The van der Waals surface area contributed by atoms with Crippen LogP contribution in [0.4, 0.5) is 0 Å². The molecule has 0 aromatic carbocycles. The van der Waals surface area contributed by atoms with Crippen LogP contribution >= 0.6 is 0 Å². The van der Waals surface area contributed by atoms with E-state index < -0.39 is 0 Å². The lowest BCUT2D eigenvalue weighted by Crippen LogP contribution is -2.51. The highest BCUT2D eigenvalue weighted by atomic mass is 14.6. The van der Waals surface area contributed by atoms with Crippen LogP contribution in [-0.2, 0) is 0 Å². The van der Waals surface area contributed by atoms with Gasteiger partial charge in [-0.05, 0) is 74.0 Å². The summed E-state index contributed by atoms with van der Waals surface area (Å²) in [6.07, 6.45) is 17.4. The fourth-order valence-electron chi connectivity index (χ4n) is 6.29. The van der Waals surface area contributed by atoms with Gasteiger partial charge in [0.1, 0.15) is 0 Å². The Labute approximate surface area is 107 Å². The summed E-state index contributed by atoms with van der Waals surface area (Å²) in [5.74, 6) is 7.09. The predicted octanol–water partition coefficient (Wildman–Crippen LogP) is 5.03. The van der Waals surface area contributed by atoms with Crippen LogP contribution in [0.1, 0.15) is 70.6 Å². The van der Waals surface area contributed by atoms with Crippen LogP contribution in [0.3, 0.4) is 0 Å². The van der Waals surface area contributed by atoms with Gasteiger partial charge in [0, 0.05) is 0 Å². The molecule has 4 aliphatic rings. The zero-order valence-corrected chi connectivity index (χ0v) is 11.2. The van der Waals surface area contributed by atoms with Gasteiger partial charge in [-0.1, -0.05) is 32.1 Å². The Bertz CT molecular complexity index is 282. The summed E-state index contributed by atoms with van der Waals surface area (Å²) in [6.45, 7) is 0. The third kappa shape index (κ3) is 1.62. The maximum absolute atomic E-state index is 1.61. The molecule has 0 heterocycles. The molecule has 4 saturated carbocycles. The minimum absolute atomic E-state index is 1.17. The van der Waals surface area contributed by atoms with Crippen LogP contribution in [0, 0.1) is 35.5 Å². The Hall–Kier alpha value is 0. The van der Waals surface area contributed by atoms with Crippen molar-refractivity contribution in [3.8, 4) is 0 Å². The second-order valence-electron chi connectivity index (χ2n) is 7.48. The van der Waals surface area contributed by atoms with Crippen molar-refractivity contribution in [2.45, 2.75) is 70.6 Å². The fraction of sp³-hybridized carbons (Fsp3) is 1.00. The Morgan fingerprint density at radius 3 is 0.941 bits per heavy atom. The molecule has 6 unspecified atom stereocenters. The van der Waals surface area contributed by atoms with Gasteiger partial charge >= 0.3 is 0 Å². The molecule has 0 bridgehead atoms. The van der Waals surface area contributed by atoms with Crippen LogP contribution in [0.25, 0.3) is 0 Å². The van der Waals surface area contributed by atoms with Gasteiger partial charge in [0.25, 0.3) is 0 Å². The maximum atomic E-state index is 1.61. The molecule has 4 rings (SSSR count). The maximum Gasteiger partial charge on any atom is -0.0352 e. The molecule has 4 fully saturated rings.